The van der Waals surface area contributed by atoms with E-state index >= 15 is 0 Å². The van der Waals surface area contributed by atoms with Crippen molar-refractivity contribution in [3.8, 4) is 0 Å². The molecule has 0 radical (unpaired) electrons. The molecule has 52 valence electrons. The average Bonchev–Trinajstić information content (AvgIpc) is 1.88. The van der Waals surface area contributed by atoms with Crippen molar-refractivity contribution < 1.29 is 9.90 Å². The monoisotopic (exact) mass is 140 g/mol. The molecule has 0 fully saturated rings. The minimum absolute atomic E-state index is 0.123. The van der Waals surface area contributed by atoms with Crippen molar-refractivity contribution in [1.82, 2.24) is 4.98 Å². The van der Waals surface area contributed by atoms with Crippen molar-refractivity contribution >= 4 is 5.97 Å². The van der Waals surface area contributed by atoms with E-state index in [0.717, 1.165) is 0 Å². The SMILES string of the molecule is O=C([OH2+])c1ccc[nH]c1=O. The predicted molar refractivity (Wildman–Crippen MR) is 35.0 cm³/mol. The number of carbonyl (C=O) groups is 1. The maximum atomic E-state index is 10.7. The number of H-pyrrole nitrogens is 1. The fourth-order valence-corrected chi connectivity index (χ4v) is 0.600. The lowest BCUT2D eigenvalue weighted by atomic mass is 10.3. The van der Waals surface area contributed by atoms with Crippen molar-refractivity contribution in [2.24, 2.45) is 0 Å². The lowest BCUT2D eigenvalue weighted by Gasteiger charge is -1.83. The first kappa shape index (κ1) is 6.54. The number of carbonyl (C=O) groups excluding carboxylic acids is 1. The van der Waals surface area contributed by atoms with Crippen LogP contribution in [0.25, 0.3) is 0 Å². The minimum Gasteiger partial charge on any atom is -0.561 e. The van der Waals surface area contributed by atoms with Gasteiger partial charge in [-0.3, -0.25) is 4.79 Å². The Hall–Kier alpha value is -1.58. The fraction of sp³-hybridized carbons (Fsp3) is 0. The number of hydrogen-bond donors (Lipinski definition) is 1. The van der Waals surface area contributed by atoms with E-state index in [1.54, 1.807) is 0 Å². The minimum atomic E-state index is -0.957. The fourth-order valence-electron chi connectivity index (χ4n) is 0.600. The molecule has 1 aromatic heterocycles. The maximum absolute atomic E-state index is 10.7. The van der Waals surface area contributed by atoms with E-state index in [0.29, 0.717) is 0 Å². The Morgan fingerprint density at radius 2 is 2.30 bits per heavy atom. The van der Waals surface area contributed by atoms with Gasteiger partial charge < -0.3 is 10.1 Å². The molecule has 0 atom stereocenters. The van der Waals surface area contributed by atoms with Gasteiger partial charge in [-0.05, 0) is 12.1 Å². The summed E-state index contributed by atoms with van der Waals surface area (Å²) in [5.41, 5.74) is -0.634. The van der Waals surface area contributed by atoms with E-state index < -0.39 is 11.5 Å². The Bertz CT molecular complexity index is 302. The lowest BCUT2D eigenvalue weighted by molar-refractivity contribution is 0.0695. The van der Waals surface area contributed by atoms with E-state index in [1.165, 1.54) is 18.3 Å². The summed E-state index contributed by atoms with van der Waals surface area (Å²) in [6.45, 7) is 0. The quantitative estimate of drug-likeness (QED) is 0.520. The van der Waals surface area contributed by atoms with Crippen LogP contribution in [0, 0.1) is 0 Å². The van der Waals surface area contributed by atoms with Crippen LogP contribution < -0.4 is 5.56 Å². The van der Waals surface area contributed by atoms with E-state index in [1.807, 2.05) is 0 Å². The molecule has 1 aromatic rings. The van der Waals surface area contributed by atoms with Gasteiger partial charge in [0, 0.05) is 11.0 Å². The highest BCUT2D eigenvalue weighted by atomic mass is 16.4. The Kier molecular flexibility index (Phi) is 1.53. The molecule has 3 N–H and O–H groups in total. The first-order chi connectivity index (χ1) is 4.72. The van der Waals surface area contributed by atoms with Crippen molar-refractivity contribution in [2.45, 2.75) is 0 Å². The Labute approximate surface area is 56.1 Å². The van der Waals surface area contributed by atoms with Crippen LogP contribution in [0.15, 0.2) is 23.1 Å². The Morgan fingerprint density at radius 3 is 2.70 bits per heavy atom. The summed E-state index contributed by atoms with van der Waals surface area (Å²) >= 11 is 0. The normalized spacial score (nSPS) is 9.20. The highest BCUT2D eigenvalue weighted by molar-refractivity contribution is 5.86. The van der Waals surface area contributed by atoms with Crippen molar-refractivity contribution in [1.29, 1.82) is 0 Å². The smallest absolute Gasteiger partial charge is 0.554 e. The lowest BCUT2D eigenvalue weighted by Crippen LogP contribution is -2.15. The first-order valence-electron chi connectivity index (χ1n) is 2.65. The molecule has 1 heterocycles. The third-order valence-corrected chi connectivity index (χ3v) is 1.06. The molecule has 4 heteroatoms. The molecule has 0 spiro atoms. The molecular formula is C6H6NO3+. The zero-order valence-corrected chi connectivity index (χ0v) is 5.05. The van der Waals surface area contributed by atoms with Crippen LogP contribution in [-0.4, -0.2) is 16.1 Å². The van der Waals surface area contributed by atoms with Crippen LogP contribution in [-0.2, 0) is 0 Å². The molecule has 0 aliphatic heterocycles. The van der Waals surface area contributed by atoms with Gasteiger partial charge in [0.15, 0.2) is 5.56 Å². The van der Waals surface area contributed by atoms with Gasteiger partial charge in [-0.15, -0.1) is 0 Å². The van der Waals surface area contributed by atoms with Gasteiger partial charge in [-0.1, -0.05) is 0 Å². The van der Waals surface area contributed by atoms with Gasteiger partial charge in [0.25, 0.3) is 5.56 Å². The highest BCUT2D eigenvalue weighted by Gasteiger charge is 2.13. The molecule has 0 saturated heterocycles. The summed E-state index contributed by atoms with van der Waals surface area (Å²) in [4.78, 5) is 23.3. The molecular weight excluding hydrogens is 134 g/mol. The van der Waals surface area contributed by atoms with E-state index in [4.69, 9.17) is 5.11 Å². The molecule has 0 aliphatic carbocycles. The van der Waals surface area contributed by atoms with Crippen molar-refractivity contribution in [3.05, 3.63) is 34.2 Å². The zero-order valence-electron chi connectivity index (χ0n) is 5.05. The number of aromatic amines is 1. The number of nitrogens with one attached hydrogen (secondary N) is 1. The highest BCUT2D eigenvalue weighted by Crippen LogP contribution is 1.86. The van der Waals surface area contributed by atoms with Crippen LogP contribution in [0.5, 0.6) is 0 Å². The second-order valence-electron chi connectivity index (χ2n) is 1.74. The van der Waals surface area contributed by atoms with Crippen molar-refractivity contribution in [2.75, 3.05) is 0 Å². The molecule has 10 heavy (non-hydrogen) atoms. The third-order valence-electron chi connectivity index (χ3n) is 1.06. The second-order valence-corrected chi connectivity index (χ2v) is 1.74. The summed E-state index contributed by atoms with van der Waals surface area (Å²) in [6, 6.07) is 2.82. The number of aromatic nitrogens is 1. The van der Waals surface area contributed by atoms with Crippen LogP contribution >= 0.6 is 0 Å². The van der Waals surface area contributed by atoms with Gasteiger partial charge >= 0.3 is 5.97 Å². The Morgan fingerprint density at radius 1 is 1.60 bits per heavy atom. The predicted octanol–water partition coefficient (Wildman–Crippen LogP) is -0.760. The van der Waals surface area contributed by atoms with Gasteiger partial charge in [-0.25, -0.2) is 0 Å². The van der Waals surface area contributed by atoms with Gasteiger partial charge in [0.05, 0.1) is 0 Å². The topological polar surface area (TPSA) is 72.8 Å². The zero-order chi connectivity index (χ0) is 7.56. The van der Waals surface area contributed by atoms with Crippen LogP contribution in [0.1, 0.15) is 10.4 Å². The molecule has 0 unspecified atom stereocenters. The van der Waals surface area contributed by atoms with E-state index in [2.05, 4.69) is 4.98 Å². The molecule has 0 bridgehead atoms. The summed E-state index contributed by atoms with van der Waals surface area (Å²) < 4.78 is 0. The Balaban J connectivity index is 3.29. The number of rotatable bonds is 1. The van der Waals surface area contributed by atoms with Crippen LogP contribution in [0.4, 0.5) is 0 Å². The summed E-state index contributed by atoms with van der Waals surface area (Å²) in [5.74, 6) is -0.957. The standard InChI is InChI=1S/C6H5NO3/c8-5-4(6(9)10)2-1-3-7-5/h1-3H,(H,7,8)(H,9,10)/p+1. The van der Waals surface area contributed by atoms with Crippen LogP contribution in [0.3, 0.4) is 0 Å². The third kappa shape index (κ3) is 1.05. The number of pyridine rings is 1. The van der Waals surface area contributed by atoms with Gasteiger partial charge in [0.1, 0.15) is 0 Å². The van der Waals surface area contributed by atoms with Crippen molar-refractivity contribution in [3.63, 3.8) is 0 Å². The average molecular weight is 140 g/mol. The van der Waals surface area contributed by atoms with Gasteiger partial charge in [0.2, 0.25) is 0 Å². The molecule has 0 aromatic carbocycles. The largest absolute Gasteiger partial charge is 0.561 e. The van der Waals surface area contributed by atoms with E-state index in [-0.39, 0.29) is 5.56 Å². The summed E-state index contributed by atoms with van der Waals surface area (Å²) in [6.07, 6.45) is 1.41. The number of hydrogen-bond acceptors (Lipinski definition) is 2. The summed E-state index contributed by atoms with van der Waals surface area (Å²) in [5, 5.41) is 6.60. The first-order valence-corrected chi connectivity index (χ1v) is 2.65. The summed E-state index contributed by atoms with van der Waals surface area (Å²) in [7, 11) is 0. The molecule has 0 aliphatic rings. The second kappa shape index (κ2) is 2.34. The molecule has 4 nitrogen and oxygen atoms in total. The van der Waals surface area contributed by atoms with Crippen LogP contribution in [0.2, 0.25) is 0 Å². The molecule has 0 amide bonds. The van der Waals surface area contributed by atoms with Gasteiger partial charge in [-0.2, -0.15) is 0 Å². The molecule has 1 rings (SSSR count). The molecule has 0 saturated carbocycles. The maximum Gasteiger partial charge on any atom is 0.554 e. The van der Waals surface area contributed by atoms with E-state index in [9.17, 15) is 9.59 Å².